The number of nitrogens with one attached hydrogen (secondary N) is 2. The van der Waals surface area contributed by atoms with Gasteiger partial charge in [-0.1, -0.05) is 48.5 Å². The van der Waals surface area contributed by atoms with Crippen molar-refractivity contribution >= 4 is 17.7 Å². The highest BCUT2D eigenvalue weighted by atomic mass is 16.3. The molecule has 0 saturated carbocycles. The van der Waals surface area contributed by atoms with Crippen LogP contribution in [0.15, 0.2) is 83.7 Å². The summed E-state index contributed by atoms with van der Waals surface area (Å²) in [6, 6.07) is 19.4. The summed E-state index contributed by atoms with van der Waals surface area (Å²) in [6.07, 6.45) is 4.62. The fourth-order valence-electron chi connectivity index (χ4n) is 3.99. The summed E-state index contributed by atoms with van der Waals surface area (Å²) in [5.74, 6) is -0.569. The molecule has 2 aromatic carbocycles. The van der Waals surface area contributed by atoms with E-state index < -0.39 is 6.04 Å². The van der Waals surface area contributed by atoms with Gasteiger partial charge in [-0.25, -0.2) is 0 Å². The Hall–Kier alpha value is -3.87. The third-order valence-corrected chi connectivity index (χ3v) is 5.84. The van der Waals surface area contributed by atoms with Crippen molar-refractivity contribution in [2.45, 2.75) is 31.3 Å². The molecule has 1 aliphatic rings. The summed E-state index contributed by atoms with van der Waals surface area (Å²) in [5, 5.41) is 5.97. The van der Waals surface area contributed by atoms with E-state index in [4.69, 9.17) is 4.42 Å². The molecule has 1 fully saturated rings. The Morgan fingerprint density at radius 2 is 1.58 bits per heavy atom. The molecule has 1 aliphatic heterocycles. The van der Waals surface area contributed by atoms with E-state index in [0.717, 1.165) is 5.56 Å². The minimum atomic E-state index is -0.703. The van der Waals surface area contributed by atoms with E-state index >= 15 is 0 Å². The van der Waals surface area contributed by atoms with Gasteiger partial charge < -0.3 is 20.0 Å². The largest absolute Gasteiger partial charge is 0.472 e. The van der Waals surface area contributed by atoms with E-state index in [1.54, 1.807) is 35.2 Å². The molecule has 33 heavy (non-hydrogen) atoms. The monoisotopic (exact) mass is 445 g/mol. The number of piperidine rings is 1. The predicted octanol–water partition coefficient (Wildman–Crippen LogP) is 3.04. The van der Waals surface area contributed by atoms with Gasteiger partial charge in [0.1, 0.15) is 12.3 Å². The lowest BCUT2D eigenvalue weighted by Crippen LogP contribution is -2.53. The summed E-state index contributed by atoms with van der Waals surface area (Å²) in [6.45, 7) is 1.10. The standard InChI is InChI=1S/C26H27N3O4/c30-24(20-9-5-2-6-10-20)28-23(17-19-7-3-1-4-8-19)25(31)27-22-11-14-29(15-12-22)26(32)21-13-16-33-18-21/h1-10,13,16,18,22-23H,11-12,14-15,17H2,(H,27,31)(H,28,30). The average molecular weight is 446 g/mol. The van der Waals surface area contributed by atoms with E-state index in [0.29, 0.717) is 43.5 Å². The third kappa shape index (κ3) is 5.88. The van der Waals surface area contributed by atoms with Crippen molar-refractivity contribution < 1.29 is 18.8 Å². The molecular weight excluding hydrogens is 418 g/mol. The van der Waals surface area contributed by atoms with Crippen LogP contribution in [-0.4, -0.2) is 47.8 Å². The van der Waals surface area contributed by atoms with E-state index in [1.807, 2.05) is 36.4 Å². The zero-order valence-electron chi connectivity index (χ0n) is 18.3. The van der Waals surface area contributed by atoms with Gasteiger partial charge in [0.25, 0.3) is 11.8 Å². The molecule has 0 spiro atoms. The molecule has 0 radical (unpaired) electrons. The van der Waals surface area contributed by atoms with E-state index in [9.17, 15) is 14.4 Å². The molecule has 0 aliphatic carbocycles. The molecule has 0 bridgehead atoms. The Labute approximate surface area is 192 Å². The Morgan fingerprint density at radius 1 is 0.909 bits per heavy atom. The smallest absolute Gasteiger partial charge is 0.257 e. The van der Waals surface area contributed by atoms with Gasteiger partial charge in [-0.2, -0.15) is 0 Å². The first-order chi connectivity index (χ1) is 16.1. The van der Waals surface area contributed by atoms with Gasteiger partial charge in [-0.05, 0) is 36.6 Å². The van der Waals surface area contributed by atoms with Crippen molar-refractivity contribution in [3.8, 4) is 0 Å². The SMILES string of the molecule is O=C(NC(Cc1ccccc1)C(=O)NC1CCN(C(=O)c2ccoc2)CC1)c1ccccc1. The maximum Gasteiger partial charge on any atom is 0.257 e. The van der Waals surface area contributed by atoms with Crippen LogP contribution in [0, 0.1) is 0 Å². The van der Waals surface area contributed by atoms with E-state index in [-0.39, 0.29) is 23.8 Å². The van der Waals surface area contributed by atoms with Crippen LogP contribution < -0.4 is 10.6 Å². The fourth-order valence-corrected chi connectivity index (χ4v) is 3.99. The lowest BCUT2D eigenvalue weighted by Gasteiger charge is -2.33. The first kappa shape index (κ1) is 22.3. The van der Waals surface area contributed by atoms with Crippen molar-refractivity contribution in [3.63, 3.8) is 0 Å². The van der Waals surface area contributed by atoms with Crippen LogP contribution >= 0.6 is 0 Å². The van der Waals surface area contributed by atoms with Gasteiger partial charge in [-0.15, -0.1) is 0 Å². The molecule has 4 rings (SSSR count). The number of carbonyl (C=O) groups excluding carboxylic acids is 3. The second-order valence-electron chi connectivity index (χ2n) is 8.17. The zero-order valence-corrected chi connectivity index (χ0v) is 18.3. The minimum absolute atomic E-state index is 0.0576. The fraction of sp³-hybridized carbons (Fsp3) is 0.269. The molecule has 170 valence electrons. The lowest BCUT2D eigenvalue weighted by molar-refractivity contribution is -0.123. The first-order valence-corrected chi connectivity index (χ1v) is 11.1. The van der Waals surface area contributed by atoms with Gasteiger partial charge in [0.15, 0.2) is 0 Å². The van der Waals surface area contributed by atoms with Crippen molar-refractivity contribution in [1.29, 1.82) is 0 Å². The number of nitrogens with zero attached hydrogens (tertiary/aromatic N) is 1. The van der Waals surface area contributed by atoms with Gasteiger partial charge in [0.2, 0.25) is 5.91 Å². The molecule has 3 amide bonds. The molecule has 1 unspecified atom stereocenters. The summed E-state index contributed by atoms with van der Waals surface area (Å²) in [7, 11) is 0. The topological polar surface area (TPSA) is 91.7 Å². The highest BCUT2D eigenvalue weighted by Crippen LogP contribution is 2.15. The van der Waals surface area contributed by atoms with Crippen LogP contribution in [-0.2, 0) is 11.2 Å². The molecule has 7 heteroatoms. The summed E-state index contributed by atoms with van der Waals surface area (Å²) >= 11 is 0. The van der Waals surface area contributed by atoms with Gasteiger partial charge in [0, 0.05) is 31.1 Å². The van der Waals surface area contributed by atoms with Crippen LogP contribution in [0.1, 0.15) is 39.1 Å². The number of amides is 3. The Kier molecular flexibility index (Phi) is 7.19. The molecular formula is C26H27N3O4. The quantitative estimate of drug-likeness (QED) is 0.585. The molecule has 3 aromatic rings. The van der Waals surface area contributed by atoms with Crippen molar-refractivity contribution in [1.82, 2.24) is 15.5 Å². The van der Waals surface area contributed by atoms with Crippen LogP contribution in [0.5, 0.6) is 0 Å². The third-order valence-electron chi connectivity index (χ3n) is 5.84. The zero-order chi connectivity index (χ0) is 23.0. The highest BCUT2D eigenvalue weighted by molar-refractivity contribution is 5.97. The van der Waals surface area contributed by atoms with Crippen LogP contribution in [0.3, 0.4) is 0 Å². The Bertz CT molecular complexity index is 1060. The number of hydrogen-bond donors (Lipinski definition) is 2. The Balaban J connectivity index is 1.37. The normalized spacial score (nSPS) is 15.0. The molecule has 1 atom stereocenters. The summed E-state index contributed by atoms with van der Waals surface area (Å²) in [5.41, 5.74) is 2.00. The number of benzene rings is 2. The molecule has 7 nitrogen and oxygen atoms in total. The first-order valence-electron chi connectivity index (χ1n) is 11.1. The highest BCUT2D eigenvalue weighted by Gasteiger charge is 2.28. The molecule has 1 aromatic heterocycles. The van der Waals surface area contributed by atoms with Crippen LogP contribution in [0.25, 0.3) is 0 Å². The van der Waals surface area contributed by atoms with Crippen molar-refractivity contribution in [3.05, 3.63) is 95.9 Å². The van der Waals surface area contributed by atoms with Gasteiger partial charge in [-0.3, -0.25) is 14.4 Å². The molecule has 2 heterocycles. The van der Waals surface area contributed by atoms with Crippen LogP contribution in [0.4, 0.5) is 0 Å². The maximum absolute atomic E-state index is 13.2. The number of likely N-dealkylation sites (tertiary alicyclic amines) is 1. The van der Waals surface area contributed by atoms with E-state index in [2.05, 4.69) is 10.6 Å². The van der Waals surface area contributed by atoms with Gasteiger partial charge in [0.05, 0.1) is 11.8 Å². The lowest BCUT2D eigenvalue weighted by atomic mass is 10.0. The van der Waals surface area contributed by atoms with Crippen molar-refractivity contribution in [2.75, 3.05) is 13.1 Å². The number of carbonyl (C=O) groups is 3. The predicted molar refractivity (Wildman–Crippen MR) is 124 cm³/mol. The molecule has 2 N–H and O–H groups in total. The minimum Gasteiger partial charge on any atom is -0.472 e. The maximum atomic E-state index is 13.2. The number of rotatable bonds is 7. The number of furan rings is 1. The molecule has 1 saturated heterocycles. The van der Waals surface area contributed by atoms with Crippen LogP contribution in [0.2, 0.25) is 0 Å². The second-order valence-corrected chi connectivity index (χ2v) is 8.17. The number of hydrogen-bond acceptors (Lipinski definition) is 4. The van der Waals surface area contributed by atoms with Crippen molar-refractivity contribution in [2.24, 2.45) is 0 Å². The van der Waals surface area contributed by atoms with Gasteiger partial charge >= 0.3 is 0 Å². The average Bonchev–Trinajstić information content (AvgIpc) is 3.40. The van der Waals surface area contributed by atoms with E-state index in [1.165, 1.54) is 12.5 Å². The Morgan fingerprint density at radius 3 is 2.21 bits per heavy atom. The second kappa shape index (κ2) is 10.6. The summed E-state index contributed by atoms with van der Waals surface area (Å²) in [4.78, 5) is 40.2. The summed E-state index contributed by atoms with van der Waals surface area (Å²) < 4.78 is 5.00.